The first-order chi connectivity index (χ1) is 18.3. The van der Waals surface area contributed by atoms with Gasteiger partial charge in [-0.25, -0.2) is 13.9 Å². The van der Waals surface area contributed by atoms with Gasteiger partial charge in [0.25, 0.3) is 5.91 Å². The zero-order valence-electron chi connectivity index (χ0n) is 21.2. The highest BCUT2D eigenvalue weighted by Gasteiger charge is 2.28. The van der Waals surface area contributed by atoms with Gasteiger partial charge in [-0.05, 0) is 71.4 Å². The Labute approximate surface area is 222 Å². The molecule has 0 fully saturated rings. The molecule has 1 aliphatic carbocycles. The summed E-state index contributed by atoms with van der Waals surface area (Å²) in [7, 11) is -3.24. The Morgan fingerprint density at radius 3 is 2.68 bits per heavy atom. The number of hydrogen-bond acceptors (Lipinski definition) is 5. The van der Waals surface area contributed by atoms with E-state index in [1.807, 2.05) is 24.3 Å². The number of fused-ring (bicyclic) bond motifs is 2. The summed E-state index contributed by atoms with van der Waals surface area (Å²) in [4.78, 5) is 17.6. The smallest absolute Gasteiger partial charge is 0.267 e. The number of hydroxylamine groups is 1. The molecule has 8 heteroatoms. The van der Waals surface area contributed by atoms with Crippen LogP contribution in [0.4, 0.5) is 0 Å². The van der Waals surface area contributed by atoms with Crippen molar-refractivity contribution in [1.29, 1.82) is 0 Å². The number of aromatic nitrogens is 1. The number of aromatic amines is 1. The Morgan fingerprint density at radius 2 is 1.92 bits per heavy atom. The zero-order chi connectivity index (χ0) is 26.7. The summed E-state index contributed by atoms with van der Waals surface area (Å²) in [6.45, 7) is 1.55. The third-order valence-corrected chi connectivity index (χ3v) is 8.40. The summed E-state index contributed by atoms with van der Waals surface area (Å²) in [5, 5.41) is 9.97. The molecular weight excluding hydrogens is 498 g/mol. The van der Waals surface area contributed by atoms with Crippen LogP contribution in [0.1, 0.15) is 40.3 Å². The van der Waals surface area contributed by atoms with Gasteiger partial charge in [-0.3, -0.25) is 14.9 Å². The molecule has 0 radical (unpaired) electrons. The lowest BCUT2D eigenvalue weighted by molar-refractivity contribution is -0.124. The second kappa shape index (κ2) is 10.9. The molecule has 0 aliphatic heterocycles. The van der Waals surface area contributed by atoms with Crippen molar-refractivity contribution in [3.8, 4) is 0 Å². The summed E-state index contributed by atoms with van der Waals surface area (Å²) < 4.78 is 23.9. The average Bonchev–Trinajstić information content (AvgIpc) is 3.53. The van der Waals surface area contributed by atoms with Gasteiger partial charge >= 0.3 is 0 Å². The highest BCUT2D eigenvalue weighted by molar-refractivity contribution is 7.90. The van der Waals surface area contributed by atoms with Crippen molar-refractivity contribution in [3.63, 3.8) is 0 Å². The molecule has 0 bridgehead atoms. The van der Waals surface area contributed by atoms with E-state index in [0.717, 1.165) is 42.5 Å². The second-order valence-corrected chi connectivity index (χ2v) is 11.8. The van der Waals surface area contributed by atoms with Crippen LogP contribution in [0.3, 0.4) is 0 Å². The van der Waals surface area contributed by atoms with Crippen LogP contribution in [0.25, 0.3) is 17.0 Å². The number of amides is 1. The summed E-state index contributed by atoms with van der Waals surface area (Å²) >= 11 is 0. The molecule has 1 aliphatic rings. The fourth-order valence-corrected chi connectivity index (χ4v) is 5.96. The van der Waals surface area contributed by atoms with Crippen molar-refractivity contribution < 1.29 is 18.4 Å². The Hall–Kier alpha value is -3.72. The van der Waals surface area contributed by atoms with Gasteiger partial charge in [0.1, 0.15) is 0 Å². The van der Waals surface area contributed by atoms with Crippen molar-refractivity contribution in [2.24, 2.45) is 0 Å². The van der Waals surface area contributed by atoms with Gasteiger partial charge in [-0.15, -0.1) is 0 Å². The lowest BCUT2D eigenvalue weighted by Gasteiger charge is -2.30. The van der Waals surface area contributed by atoms with Gasteiger partial charge in [-0.1, -0.05) is 48.5 Å². The lowest BCUT2D eigenvalue weighted by atomic mass is 10.0. The van der Waals surface area contributed by atoms with Crippen LogP contribution < -0.4 is 5.48 Å². The maximum Gasteiger partial charge on any atom is 0.267 e. The molecule has 196 valence electrons. The summed E-state index contributed by atoms with van der Waals surface area (Å²) in [6.07, 6.45) is 9.12. The van der Waals surface area contributed by atoms with Gasteiger partial charge < -0.3 is 4.98 Å². The molecule has 1 amide bonds. The largest absolute Gasteiger partial charge is 0.361 e. The minimum Gasteiger partial charge on any atom is -0.361 e. The van der Waals surface area contributed by atoms with Gasteiger partial charge in [0.2, 0.25) is 0 Å². The maximum atomic E-state index is 11.9. The Kier molecular flexibility index (Phi) is 7.46. The molecule has 3 aromatic carbocycles. The van der Waals surface area contributed by atoms with Crippen LogP contribution in [0.5, 0.6) is 0 Å². The number of nitrogens with zero attached hydrogens (tertiary/aromatic N) is 1. The van der Waals surface area contributed by atoms with E-state index in [-0.39, 0.29) is 6.04 Å². The van der Waals surface area contributed by atoms with Gasteiger partial charge in [-0.2, -0.15) is 0 Å². The molecule has 1 unspecified atom stereocenters. The number of aryl methyl sites for hydroxylation is 1. The number of hydrogen-bond donors (Lipinski definition) is 3. The third kappa shape index (κ3) is 5.72. The predicted octanol–water partition coefficient (Wildman–Crippen LogP) is 4.82. The van der Waals surface area contributed by atoms with Crippen molar-refractivity contribution in [2.45, 2.75) is 36.7 Å². The number of sulfone groups is 1. The minimum absolute atomic E-state index is 0.226. The molecular formula is C30H31N3O4S. The fraction of sp³-hybridized carbons (Fsp3) is 0.233. The van der Waals surface area contributed by atoms with Crippen molar-refractivity contribution in [1.82, 2.24) is 15.4 Å². The number of rotatable bonds is 9. The fourth-order valence-electron chi connectivity index (χ4n) is 5.33. The van der Waals surface area contributed by atoms with E-state index in [2.05, 4.69) is 46.4 Å². The molecule has 0 saturated heterocycles. The van der Waals surface area contributed by atoms with E-state index < -0.39 is 15.7 Å². The molecule has 1 atom stereocenters. The number of carbonyl (C=O) groups excluding carboxylic acids is 1. The molecule has 7 nitrogen and oxygen atoms in total. The first kappa shape index (κ1) is 25.9. The number of carbonyl (C=O) groups is 1. The topological polar surface area (TPSA) is 103 Å². The van der Waals surface area contributed by atoms with Crippen LogP contribution in [-0.2, 0) is 34.0 Å². The standard InChI is InChI=1S/C30H31N3O4S/c1-38(36,37)25-11-6-22(7-12-25)20-33(17-16-24-19-31-28-5-3-2-4-26(24)28)29-14-10-23-18-21(8-13-27(23)29)9-15-30(34)32-35/h2-9,11-13,15,18-19,29,31,35H,10,14,16-17,20H2,1H3,(H,32,34). The van der Waals surface area contributed by atoms with Crippen molar-refractivity contribution >= 4 is 32.7 Å². The molecule has 0 spiro atoms. The predicted molar refractivity (Wildman–Crippen MR) is 148 cm³/mol. The highest BCUT2D eigenvalue weighted by atomic mass is 32.2. The SMILES string of the molecule is CS(=O)(=O)c1ccc(CN(CCc2c[nH]c3ccccc23)C2CCc3cc(C=CC(=O)NO)ccc32)cc1. The quantitative estimate of drug-likeness (QED) is 0.164. The molecule has 1 aromatic heterocycles. The average molecular weight is 530 g/mol. The lowest BCUT2D eigenvalue weighted by Crippen LogP contribution is -2.29. The molecule has 4 aromatic rings. The highest BCUT2D eigenvalue weighted by Crippen LogP contribution is 2.37. The molecule has 5 rings (SSSR count). The molecule has 3 N–H and O–H groups in total. The third-order valence-electron chi connectivity index (χ3n) is 7.27. The summed E-state index contributed by atoms with van der Waals surface area (Å²) in [6, 6.07) is 22.0. The Balaban J connectivity index is 1.41. The van der Waals surface area contributed by atoms with E-state index in [1.54, 1.807) is 23.7 Å². The minimum atomic E-state index is -3.24. The number of H-pyrrole nitrogens is 1. The monoisotopic (exact) mass is 529 g/mol. The van der Waals surface area contributed by atoms with Crippen LogP contribution in [0.15, 0.2) is 83.9 Å². The van der Waals surface area contributed by atoms with E-state index >= 15 is 0 Å². The summed E-state index contributed by atoms with van der Waals surface area (Å²) in [5.74, 6) is -0.561. The van der Waals surface area contributed by atoms with E-state index in [9.17, 15) is 13.2 Å². The van der Waals surface area contributed by atoms with Crippen LogP contribution in [-0.4, -0.2) is 42.2 Å². The maximum absolute atomic E-state index is 11.9. The van der Waals surface area contributed by atoms with Crippen LogP contribution in [0.2, 0.25) is 0 Å². The van der Waals surface area contributed by atoms with Crippen molar-refractivity contribution in [3.05, 3.63) is 107 Å². The normalized spacial score (nSPS) is 15.4. The molecule has 0 saturated carbocycles. The van der Waals surface area contributed by atoms with Gasteiger partial charge in [0.15, 0.2) is 9.84 Å². The van der Waals surface area contributed by atoms with Crippen LogP contribution >= 0.6 is 0 Å². The number of para-hydroxylation sites is 1. The van der Waals surface area contributed by atoms with E-state index in [1.165, 1.54) is 34.4 Å². The van der Waals surface area contributed by atoms with Gasteiger partial charge in [0, 0.05) is 48.6 Å². The first-order valence-corrected chi connectivity index (χ1v) is 14.5. The second-order valence-electron chi connectivity index (χ2n) is 9.82. The van der Waals surface area contributed by atoms with E-state index in [4.69, 9.17) is 5.21 Å². The van der Waals surface area contributed by atoms with Gasteiger partial charge in [0.05, 0.1) is 4.90 Å². The molecule has 38 heavy (non-hydrogen) atoms. The number of benzene rings is 3. The van der Waals surface area contributed by atoms with E-state index in [0.29, 0.717) is 11.4 Å². The first-order valence-electron chi connectivity index (χ1n) is 12.6. The zero-order valence-corrected chi connectivity index (χ0v) is 22.0. The Morgan fingerprint density at radius 1 is 1.13 bits per heavy atom. The molecule has 1 heterocycles. The van der Waals surface area contributed by atoms with Crippen LogP contribution in [0, 0.1) is 0 Å². The summed E-state index contributed by atoms with van der Waals surface area (Å²) in [5.41, 5.74) is 8.54. The van der Waals surface area contributed by atoms with Crippen molar-refractivity contribution in [2.75, 3.05) is 12.8 Å². The number of nitrogens with one attached hydrogen (secondary N) is 2. The Bertz CT molecular complexity index is 1590.